The lowest BCUT2D eigenvalue weighted by atomic mass is 10.0. The quantitative estimate of drug-likeness (QED) is 0.156. The summed E-state index contributed by atoms with van der Waals surface area (Å²) >= 11 is 8.04. The van der Waals surface area contributed by atoms with Crippen LogP contribution in [0.25, 0.3) is 32.9 Å². The summed E-state index contributed by atoms with van der Waals surface area (Å²) in [5.74, 6) is 0.842. The van der Waals surface area contributed by atoms with Crippen molar-refractivity contribution in [3.63, 3.8) is 0 Å². The molecule has 0 unspecified atom stereocenters. The molecular weight excluding hydrogens is 689 g/mol. The molecule has 0 spiro atoms. The lowest BCUT2D eigenvalue weighted by molar-refractivity contribution is -0.118. The number of aromatic nitrogens is 6. The molecule has 4 heterocycles. The lowest BCUT2D eigenvalue weighted by Crippen LogP contribution is -2.44. The summed E-state index contributed by atoms with van der Waals surface area (Å²) < 4.78 is 24.1. The van der Waals surface area contributed by atoms with Gasteiger partial charge in [0.1, 0.15) is 23.4 Å². The number of halogens is 2. The topological polar surface area (TPSA) is 123 Å². The number of rotatable bonds is 9. The fourth-order valence-electron chi connectivity index (χ4n) is 5.98. The molecule has 0 bridgehead atoms. The summed E-state index contributed by atoms with van der Waals surface area (Å²) in [6, 6.07) is 16.6. The Morgan fingerprint density at radius 1 is 1.08 bits per heavy atom. The molecule has 1 aliphatic carbocycles. The number of nitrogens with zero attached hydrogens (tertiary/aromatic N) is 7. The Balaban J connectivity index is 0.00000200. The highest BCUT2D eigenvalue weighted by Crippen LogP contribution is 2.39. The van der Waals surface area contributed by atoms with Crippen molar-refractivity contribution < 1.29 is 13.9 Å². The standard InChI is InChI=1S/C35H31ClFN9O2S.C2H6/c1-20-16-23(10-11-27(20)49-46-19-40-33(44-46)22-8-9-22)41-28(47)18-48-35-42-32-25(34(43-35)45-14-12-38-13-15-45)17-39-31(30(32)37)24-6-2-4-21-5-3-7-26(36)29(21)24;1-2/h2-7,10-11,16-17,19,22,38H,8-9,12-15,18H2,1H3,(H,41,47);1-2H3. The first kappa shape index (κ1) is 34.6. The van der Waals surface area contributed by atoms with Crippen LogP contribution in [0.3, 0.4) is 0 Å². The Morgan fingerprint density at radius 3 is 2.63 bits per heavy atom. The molecule has 3 aromatic carbocycles. The zero-order chi connectivity index (χ0) is 35.5. The van der Waals surface area contributed by atoms with Gasteiger partial charge in [0.15, 0.2) is 18.2 Å². The summed E-state index contributed by atoms with van der Waals surface area (Å²) in [6.07, 6.45) is 5.62. The summed E-state index contributed by atoms with van der Waals surface area (Å²) in [5, 5.41) is 13.3. The van der Waals surface area contributed by atoms with Gasteiger partial charge in [-0.15, -0.1) is 5.10 Å². The van der Waals surface area contributed by atoms with Crippen molar-refractivity contribution in [2.24, 2.45) is 0 Å². The van der Waals surface area contributed by atoms with Crippen molar-refractivity contribution in [2.75, 3.05) is 43.0 Å². The highest BCUT2D eigenvalue weighted by molar-refractivity contribution is 7.97. The lowest BCUT2D eigenvalue weighted by Gasteiger charge is -2.29. The second-order valence-corrected chi connectivity index (χ2v) is 13.5. The van der Waals surface area contributed by atoms with Gasteiger partial charge in [0.05, 0.1) is 5.39 Å². The highest BCUT2D eigenvalue weighted by atomic mass is 35.5. The van der Waals surface area contributed by atoms with Gasteiger partial charge in [0.25, 0.3) is 5.91 Å². The zero-order valence-corrected chi connectivity index (χ0v) is 30.1. The van der Waals surface area contributed by atoms with Crippen molar-refractivity contribution in [3.05, 3.63) is 89.3 Å². The van der Waals surface area contributed by atoms with Crippen molar-refractivity contribution >= 4 is 62.6 Å². The van der Waals surface area contributed by atoms with E-state index in [1.807, 2.05) is 68.1 Å². The number of hydrogen-bond acceptors (Lipinski definition) is 10. The Labute approximate surface area is 304 Å². The number of benzene rings is 3. The number of hydrogen-bond donors (Lipinski definition) is 2. The van der Waals surface area contributed by atoms with Crippen LogP contribution in [0.15, 0.2) is 72.0 Å². The second-order valence-electron chi connectivity index (χ2n) is 12.1. The van der Waals surface area contributed by atoms with Crippen molar-refractivity contribution in [2.45, 2.75) is 44.4 Å². The number of piperazine rings is 1. The minimum atomic E-state index is -0.624. The van der Waals surface area contributed by atoms with Crippen LogP contribution in [0.2, 0.25) is 5.02 Å². The van der Waals surface area contributed by atoms with Crippen LogP contribution in [-0.4, -0.2) is 67.8 Å². The Kier molecular flexibility index (Phi) is 10.3. The number of carbonyl (C=O) groups excluding carboxylic acids is 1. The van der Waals surface area contributed by atoms with E-state index in [2.05, 4.69) is 35.7 Å². The van der Waals surface area contributed by atoms with E-state index in [9.17, 15) is 4.79 Å². The van der Waals surface area contributed by atoms with Gasteiger partial charge >= 0.3 is 6.01 Å². The molecule has 262 valence electrons. The minimum Gasteiger partial charge on any atom is -0.453 e. The molecule has 1 aliphatic heterocycles. The molecule has 14 heteroatoms. The number of fused-ring (bicyclic) bond motifs is 2. The van der Waals surface area contributed by atoms with E-state index in [4.69, 9.17) is 16.3 Å². The third kappa shape index (κ3) is 7.46. The maximum atomic E-state index is 16.5. The first-order valence-corrected chi connectivity index (χ1v) is 18.2. The monoisotopic (exact) mass is 725 g/mol. The molecule has 8 rings (SSSR count). The normalized spacial score (nSPS) is 14.3. The number of nitrogens with one attached hydrogen (secondary N) is 2. The molecular formula is C37H37ClFN9O2S. The van der Waals surface area contributed by atoms with Crippen molar-refractivity contribution in [1.29, 1.82) is 0 Å². The average molecular weight is 726 g/mol. The van der Waals surface area contributed by atoms with Gasteiger partial charge in [0, 0.05) is 76.8 Å². The molecule has 11 nitrogen and oxygen atoms in total. The van der Waals surface area contributed by atoms with Crippen molar-refractivity contribution in [3.8, 4) is 17.3 Å². The molecule has 1 amide bonds. The number of pyridine rings is 1. The first-order valence-electron chi connectivity index (χ1n) is 17.0. The summed E-state index contributed by atoms with van der Waals surface area (Å²) in [5.41, 5.74) is 2.30. The van der Waals surface area contributed by atoms with Crippen LogP contribution in [0.1, 0.15) is 44.0 Å². The van der Waals surface area contributed by atoms with Crippen LogP contribution in [0, 0.1) is 12.7 Å². The van der Waals surface area contributed by atoms with Crippen LogP contribution in [0.5, 0.6) is 6.01 Å². The maximum Gasteiger partial charge on any atom is 0.319 e. The number of ether oxygens (including phenoxy) is 1. The highest BCUT2D eigenvalue weighted by Gasteiger charge is 2.28. The molecule has 1 saturated heterocycles. The van der Waals surface area contributed by atoms with E-state index in [-0.39, 0.29) is 23.8 Å². The molecule has 2 fully saturated rings. The van der Waals surface area contributed by atoms with E-state index in [0.717, 1.165) is 47.6 Å². The van der Waals surface area contributed by atoms with Gasteiger partial charge < -0.3 is 20.3 Å². The predicted octanol–water partition coefficient (Wildman–Crippen LogP) is 7.42. The zero-order valence-electron chi connectivity index (χ0n) is 28.5. The van der Waals surface area contributed by atoms with E-state index in [1.165, 1.54) is 11.9 Å². The molecule has 1 saturated carbocycles. The fourth-order valence-corrected chi connectivity index (χ4v) is 7.01. The van der Waals surface area contributed by atoms with Gasteiger partial charge in [-0.25, -0.2) is 9.37 Å². The molecule has 0 radical (unpaired) electrons. The van der Waals surface area contributed by atoms with Crippen LogP contribution in [-0.2, 0) is 4.79 Å². The fraction of sp³-hybridized carbons (Fsp3) is 0.297. The Hall–Kier alpha value is -4.85. The van der Waals surface area contributed by atoms with Gasteiger partial charge in [-0.2, -0.15) is 14.1 Å². The third-order valence-electron chi connectivity index (χ3n) is 8.58. The van der Waals surface area contributed by atoms with E-state index >= 15 is 4.39 Å². The van der Waals surface area contributed by atoms with Gasteiger partial charge in [0.2, 0.25) is 0 Å². The van der Waals surface area contributed by atoms with Crippen LogP contribution < -0.4 is 20.3 Å². The van der Waals surface area contributed by atoms with Gasteiger partial charge in [-0.3, -0.25) is 9.78 Å². The van der Waals surface area contributed by atoms with Crippen LogP contribution in [0.4, 0.5) is 15.9 Å². The van der Waals surface area contributed by atoms with Gasteiger partial charge in [-0.05, 0) is 55.0 Å². The van der Waals surface area contributed by atoms with Gasteiger partial charge in [-0.1, -0.05) is 55.8 Å². The predicted molar refractivity (Wildman–Crippen MR) is 200 cm³/mol. The summed E-state index contributed by atoms with van der Waals surface area (Å²) in [7, 11) is 0. The molecule has 6 aromatic rings. The SMILES string of the molecule is CC.Cc1cc(NC(=O)COc2nc(N3CCNCC3)c3cnc(-c4cccc5cccc(Cl)c45)c(F)c3n2)ccc1Sn1cnc(C2CC2)n1. The number of anilines is 2. The molecule has 2 aliphatic rings. The number of carbonyl (C=O) groups is 1. The average Bonchev–Trinajstić information content (AvgIpc) is 3.90. The summed E-state index contributed by atoms with van der Waals surface area (Å²) in [4.78, 5) is 34.1. The maximum absolute atomic E-state index is 16.5. The van der Waals surface area contributed by atoms with Crippen molar-refractivity contribution in [1.82, 2.24) is 34.4 Å². The van der Waals surface area contributed by atoms with Crippen LogP contribution >= 0.6 is 23.5 Å². The first-order chi connectivity index (χ1) is 24.9. The Morgan fingerprint density at radius 2 is 1.86 bits per heavy atom. The minimum absolute atomic E-state index is 0.0494. The second kappa shape index (κ2) is 15.2. The Bertz CT molecular complexity index is 2220. The molecule has 51 heavy (non-hydrogen) atoms. The van der Waals surface area contributed by atoms with E-state index in [1.54, 1.807) is 28.7 Å². The van der Waals surface area contributed by atoms with E-state index < -0.39 is 11.7 Å². The number of aryl methyl sites for hydroxylation is 1. The molecule has 2 N–H and O–H groups in total. The third-order valence-corrected chi connectivity index (χ3v) is 9.92. The molecule has 0 atom stereocenters. The smallest absolute Gasteiger partial charge is 0.319 e. The van der Waals surface area contributed by atoms with E-state index in [0.29, 0.717) is 51.9 Å². The number of amides is 1. The summed E-state index contributed by atoms with van der Waals surface area (Å²) in [6.45, 7) is 8.38. The molecule has 3 aromatic heterocycles. The largest absolute Gasteiger partial charge is 0.453 e.